The van der Waals surface area contributed by atoms with E-state index in [9.17, 15) is 18.0 Å². The molecule has 0 bridgehead atoms. The predicted molar refractivity (Wildman–Crippen MR) is 102 cm³/mol. The Labute approximate surface area is 164 Å². The molecule has 3 rings (SSSR count). The summed E-state index contributed by atoms with van der Waals surface area (Å²) >= 11 is 1.19. The second-order valence-corrected chi connectivity index (χ2v) is 8.32. The normalized spacial score (nSPS) is 12.2. The molecular weight excluding hydrogens is 389 g/mol. The standard InChI is InChI=1S/C19H19F3N4OS/c1-11-15(28-17(24-11)18(2,3)4)16(27)25-14-7-6-12(26-9-5-8-23-26)10-13(14)19(20,21)22/h5-10H,1-4H3,(H,25,27). The van der Waals surface area contributed by atoms with Crippen LogP contribution in [0.2, 0.25) is 0 Å². The van der Waals surface area contributed by atoms with Crippen molar-refractivity contribution in [2.75, 3.05) is 5.32 Å². The Morgan fingerprint density at radius 2 is 1.93 bits per heavy atom. The van der Waals surface area contributed by atoms with Gasteiger partial charge in [0.25, 0.3) is 5.91 Å². The highest BCUT2D eigenvalue weighted by Crippen LogP contribution is 2.37. The van der Waals surface area contributed by atoms with Crippen LogP contribution in [-0.2, 0) is 11.6 Å². The van der Waals surface area contributed by atoms with Crippen molar-refractivity contribution >= 4 is 22.9 Å². The van der Waals surface area contributed by atoms with E-state index in [0.717, 1.165) is 11.1 Å². The molecule has 1 N–H and O–H groups in total. The number of carbonyl (C=O) groups is 1. The van der Waals surface area contributed by atoms with Gasteiger partial charge >= 0.3 is 6.18 Å². The summed E-state index contributed by atoms with van der Waals surface area (Å²) in [6, 6.07) is 5.28. The third-order valence-corrected chi connectivity index (χ3v) is 5.55. The summed E-state index contributed by atoms with van der Waals surface area (Å²) in [7, 11) is 0. The van der Waals surface area contributed by atoms with Crippen LogP contribution >= 0.6 is 11.3 Å². The second-order valence-electron chi connectivity index (χ2n) is 7.32. The number of thiazole rings is 1. The number of aromatic nitrogens is 3. The monoisotopic (exact) mass is 408 g/mol. The van der Waals surface area contributed by atoms with Gasteiger partial charge in [0.15, 0.2) is 0 Å². The first-order valence-electron chi connectivity index (χ1n) is 8.47. The molecule has 1 amide bonds. The molecule has 3 aromatic rings. The number of halogens is 3. The quantitative estimate of drug-likeness (QED) is 0.648. The van der Waals surface area contributed by atoms with E-state index < -0.39 is 17.6 Å². The molecule has 0 saturated heterocycles. The SMILES string of the molecule is Cc1nc(C(C)(C)C)sc1C(=O)Nc1ccc(-n2cccn2)cc1C(F)(F)F. The molecule has 0 aliphatic carbocycles. The first-order chi connectivity index (χ1) is 13.0. The molecule has 0 unspecified atom stereocenters. The van der Waals surface area contributed by atoms with Gasteiger partial charge in [-0.25, -0.2) is 9.67 Å². The Morgan fingerprint density at radius 3 is 2.46 bits per heavy atom. The predicted octanol–water partition coefficient (Wildman–Crippen LogP) is 5.21. The number of carbonyl (C=O) groups excluding carboxylic acids is 1. The van der Waals surface area contributed by atoms with E-state index in [1.165, 1.54) is 34.3 Å². The summed E-state index contributed by atoms with van der Waals surface area (Å²) in [5.74, 6) is -0.608. The summed E-state index contributed by atoms with van der Waals surface area (Å²) in [4.78, 5) is 17.3. The first-order valence-corrected chi connectivity index (χ1v) is 9.29. The molecule has 9 heteroatoms. The Kier molecular flexibility index (Phi) is 5.05. The number of benzene rings is 1. The largest absolute Gasteiger partial charge is 0.418 e. The van der Waals surface area contributed by atoms with Crippen LogP contribution in [0, 0.1) is 6.92 Å². The zero-order valence-corrected chi connectivity index (χ0v) is 16.6. The van der Waals surface area contributed by atoms with E-state index in [2.05, 4.69) is 15.4 Å². The molecule has 5 nitrogen and oxygen atoms in total. The number of nitrogens with zero attached hydrogens (tertiary/aromatic N) is 3. The minimum absolute atomic E-state index is 0.249. The second kappa shape index (κ2) is 7.05. The molecule has 0 radical (unpaired) electrons. The molecule has 0 spiro atoms. The molecule has 0 aliphatic rings. The number of hydrogen-bond donors (Lipinski definition) is 1. The van der Waals surface area contributed by atoms with Gasteiger partial charge in [0, 0.05) is 17.8 Å². The molecule has 0 fully saturated rings. The third-order valence-electron chi connectivity index (χ3n) is 3.97. The summed E-state index contributed by atoms with van der Waals surface area (Å²) in [5.41, 5.74) is -0.754. The Hall–Kier alpha value is -2.68. The number of anilines is 1. The van der Waals surface area contributed by atoms with Crippen LogP contribution in [0.25, 0.3) is 5.69 Å². The lowest BCUT2D eigenvalue weighted by Crippen LogP contribution is -2.17. The lowest BCUT2D eigenvalue weighted by Gasteiger charge is -2.15. The van der Waals surface area contributed by atoms with Gasteiger partial charge in [0.2, 0.25) is 0 Å². The zero-order valence-electron chi connectivity index (χ0n) is 15.8. The number of aryl methyl sites for hydroxylation is 1. The van der Waals surface area contributed by atoms with E-state index in [1.807, 2.05) is 20.8 Å². The van der Waals surface area contributed by atoms with Crippen molar-refractivity contribution in [2.45, 2.75) is 39.3 Å². The smallest absolute Gasteiger partial charge is 0.321 e. The van der Waals surface area contributed by atoms with Crippen molar-refractivity contribution in [1.82, 2.24) is 14.8 Å². The first kappa shape index (κ1) is 20.1. The fraction of sp³-hybridized carbons (Fsp3) is 0.316. The van der Waals surface area contributed by atoms with Crippen LogP contribution in [0.5, 0.6) is 0 Å². The highest BCUT2D eigenvalue weighted by molar-refractivity contribution is 7.14. The van der Waals surface area contributed by atoms with Gasteiger partial charge < -0.3 is 5.32 Å². The van der Waals surface area contributed by atoms with Crippen molar-refractivity contribution in [3.8, 4) is 5.69 Å². The fourth-order valence-electron chi connectivity index (χ4n) is 2.55. The Morgan fingerprint density at radius 1 is 1.21 bits per heavy atom. The van der Waals surface area contributed by atoms with Gasteiger partial charge in [0.1, 0.15) is 4.88 Å². The van der Waals surface area contributed by atoms with Crippen LogP contribution in [0.3, 0.4) is 0 Å². The van der Waals surface area contributed by atoms with Crippen molar-refractivity contribution in [2.24, 2.45) is 0 Å². The van der Waals surface area contributed by atoms with Gasteiger partial charge in [-0.15, -0.1) is 11.3 Å². The minimum atomic E-state index is -4.63. The summed E-state index contributed by atoms with van der Waals surface area (Å²) in [6.07, 6.45) is -1.62. The van der Waals surface area contributed by atoms with Crippen LogP contribution in [0.4, 0.5) is 18.9 Å². The van der Waals surface area contributed by atoms with E-state index in [-0.39, 0.29) is 16.8 Å². The molecule has 2 heterocycles. The summed E-state index contributed by atoms with van der Waals surface area (Å²) in [6.45, 7) is 7.56. The fourth-order valence-corrected chi connectivity index (χ4v) is 3.57. The topological polar surface area (TPSA) is 59.8 Å². The van der Waals surface area contributed by atoms with Crippen LogP contribution in [0.1, 0.15) is 46.7 Å². The zero-order chi connectivity index (χ0) is 20.7. The van der Waals surface area contributed by atoms with Crippen LogP contribution in [-0.4, -0.2) is 20.7 Å². The van der Waals surface area contributed by atoms with Crippen molar-refractivity contribution in [3.63, 3.8) is 0 Å². The van der Waals surface area contributed by atoms with E-state index in [4.69, 9.17) is 0 Å². The maximum atomic E-state index is 13.6. The molecule has 0 aliphatic heterocycles. The molecule has 28 heavy (non-hydrogen) atoms. The summed E-state index contributed by atoms with van der Waals surface area (Å²) < 4.78 is 42.0. The van der Waals surface area contributed by atoms with Gasteiger partial charge in [-0.2, -0.15) is 18.3 Å². The molecule has 0 saturated carbocycles. The highest BCUT2D eigenvalue weighted by atomic mass is 32.1. The average Bonchev–Trinajstić information content (AvgIpc) is 3.23. The Bertz CT molecular complexity index is 1000. The molecular formula is C19H19F3N4OS. The number of rotatable bonds is 3. The maximum Gasteiger partial charge on any atom is 0.418 e. The van der Waals surface area contributed by atoms with Gasteiger partial charge in [-0.05, 0) is 31.2 Å². The average molecular weight is 408 g/mol. The molecule has 0 atom stereocenters. The lowest BCUT2D eigenvalue weighted by atomic mass is 9.98. The van der Waals surface area contributed by atoms with Gasteiger partial charge in [0.05, 0.1) is 27.6 Å². The van der Waals surface area contributed by atoms with E-state index in [0.29, 0.717) is 10.6 Å². The number of hydrogen-bond acceptors (Lipinski definition) is 4. The van der Waals surface area contributed by atoms with E-state index >= 15 is 0 Å². The summed E-state index contributed by atoms with van der Waals surface area (Å²) in [5, 5.41) is 7.08. The third kappa shape index (κ3) is 4.09. The number of alkyl halides is 3. The van der Waals surface area contributed by atoms with E-state index in [1.54, 1.807) is 19.2 Å². The van der Waals surface area contributed by atoms with Gasteiger partial charge in [-0.3, -0.25) is 4.79 Å². The molecule has 148 valence electrons. The number of amides is 1. The highest BCUT2D eigenvalue weighted by Gasteiger charge is 2.35. The molecule has 2 aromatic heterocycles. The maximum absolute atomic E-state index is 13.6. The Balaban J connectivity index is 1.96. The van der Waals surface area contributed by atoms with Gasteiger partial charge in [-0.1, -0.05) is 20.8 Å². The van der Waals surface area contributed by atoms with Crippen molar-refractivity contribution in [1.29, 1.82) is 0 Å². The lowest BCUT2D eigenvalue weighted by molar-refractivity contribution is -0.136. The van der Waals surface area contributed by atoms with Crippen LogP contribution < -0.4 is 5.32 Å². The number of nitrogens with one attached hydrogen (secondary N) is 1. The van der Waals surface area contributed by atoms with Crippen molar-refractivity contribution < 1.29 is 18.0 Å². The minimum Gasteiger partial charge on any atom is -0.321 e. The van der Waals surface area contributed by atoms with Crippen LogP contribution in [0.15, 0.2) is 36.7 Å². The molecule has 1 aromatic carbocycles. The van der Waals surface area contributed by atoms with Crippen molar-refractivity contribution in [3.05, 3.63) is 57.8 Å².